The van der Waals surface area contributed by atoms with Crippen LogP contribution in [0.1, 0.15) is 32.6 Å². The lowest BCUT2D eigenvalue weighted by Gasteiger charge is -2.29. The lowest BCUT2D eigenvalue weighted by molar-refractivity contribution is 0.347. The minimum atomic E-state index is 0.576. The van der Waals surface area contributed by atoms with Gasteiger partial charge in [0.1, 0.15) is 6.33 Å². The van der Waals surface area contributed by atoms with Gasteiger partial charge in [-0.25, -0.2) is 4.68 Å². The van der Waals surface area contributed by atoms with Crippen molar-refractivity contribution >= 4 is 5.95 Å². The Kier molecular flexibility index (Phi) is 2.70. The third-order valence-electron chi connectivity index (χ3n) is 3.14. The van der Waals surface area contributed by atoms with Crippen LogP contribution in [0.2, 0.25) is 0 Å². The van der Waals surface area contributed by atoms with Crippen molar-refractivity contribution < 1.29 is 0 Å². The molecule has 14 heavy (non-hydrogen) atoms. The van der Waals surface area contributed by atoms with E-state index in [0.29, 0.717) is 6.04 Å². The number of hydrogen-bond acceptors (Lipinski definition) is 3. The van der Waals surface area contributed by atoms with Crippen LogP contribution in [0.25, 0.3) is 0 Å². The van der Waals surface area contributed by atoms with Crippen molar-refractivity contribution in [2.45, 2.75) is 38.6 Å². The zero-order chi connectivity index (χ0) is 9.97. The molecule has 2 rings (SSSR count). The largest absolute Gasteiger partial charge is 0.351 e. The van der Waals surface area contributed by atoms with Crippen molar-refractivity contribution in [2.75, 3.05) is 5.32 Å². The van der Waals surface area contributed by atoms with Gasteiger partial charge in [-0.3, -0.25) is 0 Å². The molecule has 0 amide bonds. The van der Waals surface area contributed by atoms with Crippen LogP contribution in [-0.2, 0) is 7.05 Å². The summed E-state index contributed by atoms with van der Waals surface area (Å²) in [6, 6.07) is 0.576. The SMILES string of the molecule is CC1CCCCC1Nc1ncnn1C. The normalized spacial score (nSPS) is 27.6. The first kappa shape index (κ1) is 9.49. The fourth-order valence-electron chi connectivity index (χ4n) is 2.12. The van der Waals surface area contributed by atoms with E-state index in [1.165, 1.54) is 25.7 Å². The summed E-state index contributed by atoms with van der Waals surface area (Å²) in [4.78, 5) is 4.19. The molecular formula is C10H18N4. The number of nitrogens with one attached hydrogen (secondary N) is 1. The Morgan fingerprint density at radius 1 is 1.43 bits per heavy atom. The van der Waals surface area contributed by atoms with Crippen molar-refractivity contribution in [3.05, 3.63) is 6.33 Å². The summed E-state index contributed by atoms with van der Waals surface area (Å²) in [5.41, 5.74) is 0. The van der Waals surface area contributed by atoms with E-state index in [4.69, 9.17) is 0 Å². The maximum Gasteiger partial charge on any atom is 0.221 e. The third kappa shape index (κ3) is 1.89. The molecule has 0 bridgehead atoms. The average molecular weight is 194 g/mol. The van der Waals surface area contributed by atoms with Crippen LogP contribution >= 0.6 is 0 Å². The second-order valence-electron chi connectivity index (χ2n) is 4.22. The number of aromatic nitrogens is 3. The van der Waals surface area contributed by atoms with Gasteiger partial charge in [-0.05, 0) is 18.8 Å². The van der Waals surface area contributed by atoms with Gasteiger partial charge in [-0.1, -0.05) is 19.8 Å². The molecule has 0 aromatic carbocycles. The molecule has 1 aliphatic rings. The second kappa shape index (κ2) is 3.98. The highest BCUT2D eigenvalue weighted by molar-refractivity contribution is 5.25. The first-order valence-corrected chi connectivity index (χ1v) is 5.38. The fraction of sp³-hybridized carbons (Fsp3) is 0.800. The Morgan fingerprint density at radius 3 is 2.86 bits per heavy atom. The molecule has 1 saturated carbocycles. The molecule has 4 nitrogen and oxygen atoms in total. The highest BCUT2D eigenvalue weighted by Crippen LogP contribution is 2.25. The minimum Gasteiger partial charge on any atom is -0.351 e. The standard InChI is InChI=1S/C10H18N4/c1-8-5-3-4-6-9(8)13-10-11-7-12-14(10)2/h7-9H,3-6H2,1-2H3,(H,11,12,13). The molecule has 1 N–H and O–H groups in total. The molecule has 0 spiro atoms. The summed E-state index contributed by atoms with van der Waals surface area (Å²) in [6.45, 7) is 2.31. The smallest absolute Gasteiger partial charge is 0.221 e. The van der Waals surface area contributed by atoms with Crippen LogP contribution in [0.4, 0.5) is 5.95 Å². The van der Waals surface area contributed by atoms with Gasteiger partial charge in [0.2, 0.25) is 5.95 Å². The summed E-state index contributed by atoms with van der Waals surface area (Å²) >= 11 is 0. The van der Waals surface area contributed by atoms with Gasteiger partial charge >= 0.3 is 0 Å². The van der Waals surface area contributed by atoms with Crippen LogP contribution in [0, 0.1) is 5.92 Å². The van der Waals surface area contributed by atoms with Crippen LogP contribution in [-0.4, -0.2) is 20.8 Å². The van der Waals surface area contributed by atoms with E-state index in [0.717, 1.165) is 11.9 Å². The average Bonchev–Trinajstić information content (AvgIpc) is 2.56. The van der Waals surface area contributed by atoms with Gasteiger partial charge in [0.25, 0.3) is 0 Å². The molecule has 78 valence electrons. The molecule has 1 heterocycles. The topological polar surface area (TPSA) is 42.7 Å². The molecule has 1 aromatic heterocycles. The van der Waals surface area contributed by atoms with Gasteiger partial charge in [0.15, 0.2) is 0 Å². The molecular weight excluding hydrogens is 176 g/mol. The van der Waals surface area contributed by atoms with Crippen molar-refractivity contribution in [1.29, 1.82) is 0 Å². The first-order valence-electron chi connectivity index (χ1n) is 5.38. The predicted octanol–water partition coefficient (Wildman–Crippen LogP) is 1.81. The molecule has 1 fully saturated rings. The van der Waals surface area contributed by atoms with E-state index in [1.54, 1.807) is 11.0 Å². The Balaban J connectivity index is 1.99. The number of hydrogen-bond donors (Lipinski definition) is 1. The number of rotatable bonds is 2. The van der Waals surface area contributed by atoms with Crippen molar-refractivity contribution in [3.63, 3.8) is 0 Å². The van der Waals surface area contributed by atoms with Gasteiger partial charge in [-0.15, -0.1) is 0 Å². The highest BCUT2D eigenvalue weighted by atomic mass is 15.4. The molecule has 0 radical (unpaired) electrons. The van der Waals surface area contributed by atoms with E-state index in [1.807, 2.05) is 7.05 Å². The van der Waals surface area contributed by atoms with Gasteiger partial charge < -0.3 is 5.32 Å². The summed E-state index contributed by atoms with van der Waals surface area (Å²) in [7, 11) is 1.92. The summed E-state index contributed by atoms with van der Waals surface area (Å²) < 4.78 is 1.79. The predicted molar refractivity (Wildman–Crippen MR) is 56.0 cm³/mol. The summed E-state index contributed by atoms with van der Waals surface area (Å²) in [5, 5.41) is 7.52. The summed E-state index contributed by atoms with van der Waals surface area (Å²) in [6.07, 6.45) is 6.89. The number of nitrogens with zero attached hydrogens (tertiary/aromatic N) is 3. The minimum absolute atomic E-state index is 0.576. The van der Waals surface area contributed by atoms with Crippen molar-refractivity contribution in [2.24, 2.45) is 13.0 Å². The Hall–Kier alpha value is -1.06. The zero-order valence-electron chi connectivity index (χ0n) is 8.90. The lowest BCUT2D eigenvalue weighted by Crippen LogP contribution is -2.31. The number of aryl methyl sites for hydroxylation is 1. The Bertz CT molecular complexity index is 294. The first-order chi connectivity index (χ1) is 6.77. The highest BCUT2D eigenvalue weighted by Gasteiger charge is 2.21. The van der Waals surface area contributed by atoms with E-state index in [9.17, 15) is 0 Å². The van der Waals surface area contributed by atoms with Gasteiger partial charge in [0, 0.05) is 13.1 Å². The third-order valence-corrected chi connectivity index (χ3v) is 3.14. The van der Waals surface area contributed by atoms with Crippen molar-refractivity contribution in [3.8, 4) is 0 Å². The number of anilines is 1. The van der Waals surface area contributed by atoms with E-state index >= 15 is 0 Å². The summed E-state index contributed by atoms with van der Waals surface area (Å²) in [5.74, 6) is 1.64. The monoisotopic (exact) mass is 194 g/mol. The molecule has 1 aliphatic carbocycles. The maximum absolute atomic E-state index is 4.19. The lowest BCUT2D eigenvalue weighted by atomic mass is 9.86. The molecule has 0 aliphatic heterocycles. The fourth-order valence-corrected chi connectivity index (χ4v) is 2.12. The second-order valence-corrected chi connectivity index (χ2v) is 4.22. The molecule has 4 heteroatoms. The van der Waals surface area contributed by atoms with E-state index in [-0.39, 0.29) is 0 Å². The molecule has 1 aromatic rings. The quantitative estimate of drug-likeness (QED) is 0.780. The Labute approximate surface area is 84.7 Å². The van der Waals surface area contributed by atoms with Crippen LogP contribution in [0.5, 0.6) is 0 Å². The molecule has 2 unspecified atom stereocenters. The van der Waals surface area contributed by atoms with Crippen LogP contribution in [0.15, 0.2) is 6.33 Å². The molecule has 2 atom stereocenters. The Morgan fingerprint density at radius 2 is 2.21 bits per heavy atom. The molecule has 0 saturated heterocycles. The van der Waals surface area contributed by atoms with Gasteiger partial charge in [-0.2, -0.15) is 10.1 Å². The van der Waals surface area contributed by atoms with E-state index < -0.39 is 0 Å². The zero-order valence-corrected chi connectivity index (χ0v) is 8.90. The van der Waals surface area contributed by atoms with Crippen molar-refractivity contribution in [1.82, 2.24) is 14.8 Å². The van der Waals surface area contributed by atoms with Crippen LogP contribution < -0.4 is 5.32 Å². The van der Waals surface area contributed by atoms with E-state index in [2.05, 4.69) is 22.3 Å². The van der Waals surface area contributed by atoms with Gasteiger partial charge in [0.05, 0.1) is 0 Å². The van der Waals surface area contributed by atoms with Crippen LogP contribution in [0.3, 0.4) is 0 Å². The maximum atomic E-state index is 4.19.